The lowest BCUT2D eigenvalue weighted by Crippen LogP contribution is -2.31. The molecule has 0 spiro atoms. The van der Waals surface area contributed by atoms with Crippen LogP contribution in [0.2, 0.25) is 5.02 Å². The molecule has 8 nitrogen and oxygen atoms in total. The first-order valence-electron chi connectivity index (χ1n) is 11.1. The molecule has 1 aromatic carbocycles. The van der Waals surface area contributed by atoms with Gasteiger partial charge >= 0.3 is 5.97 Å². The molecule has 188 valence electrons. The molecular formula is C25H29ClFN3O5. The van der Waals surface area contributed by atoms with Gasteiger partial charge in [0, 0.05) is 26.3 Å². The molecule has 0 saturated carbocycles. The number of nitrogens with one attached hydrogen (secondary N) is 1. The van der Waals surface area contributed by atoms with E-state index in [4.69, 9.17) is 16.3 Å². The summed E-state index contributed by atoms with van der Waals surface area (Å²) in [6, 6.07) is 5.60. The van der Waals surface area contributed by atoms with Crippen LogP contribution < -0.4 is 10.7 Å². The van der Waals surface area contributed by atoms with Gasteiger partial charge in [0.2, 0.25) is 5.43 Å². The summed E-state index contributed by atoms with van der Waals surface area (Å²) in [5, 5.41) is 23.0. The Kier molecular flexibility index (Phi) is 8.15. The first kappa shape index (κ1) is 26.6. The smallest absolute Gasteiger partial charge is 0.341 e. The van der Waals surface area contributed by atoms with E-state index in [9.17, 15) is 24.2 Å². The molecule has 3 N–H and O–H groups in total. The van der Waals surface area contributed by atoms with Crippen LogP contribution in [0.5, 0.6) is 0 Å². The van der Waals surface area contributed by atoms with Gasteiger partial charge in [0.05, 0.1) is 29.7 Å². The lowest BCUT2D eigenvalue weighted by Gasteiger charge is -2.32. The number of pyridine rings is 2. The number of ether oxygens (including phenoxy) is 1. The number of hydrogen-bond acceptors (Lipinski definition) is 6. The van der Waals surface area contributed by atoms with Crippen LogP contribution in [0, 0.1) is 11.2 Å². The van der Waals surface area contributed by atoms with E-state index in [1.165, 1.54) is 22.9 Å². The van der Waals surface area contributed by atoms with Crippen molar-refractivity contribution in [1.29, 1.82) is 0 Å². The van der Waals surface area contributed by atoms with Gasteiger partial charge in [-0.1, -0.05) is 44.5 Å². The average molecular weight is 506 g/mol. The van der Waals surface area contributed by atoms with Crippen LogP contribution in [0.1, 0.15) is 48.3 Å². The second-order valence-electron chi connectivity index (χ2n) is 9.33. The average Bonchev–Trinajstić information content (AvgIpc) is 2.78. The summed E-state index contributed by atoms with van der Waals surface area (Å²) in [7, 11) is 1.55. The largest absolute Gasteiger partial charge is 0.477 e. The van der Waals surface area contributed by atoms with Crippen molar-refractivity contribution in [3.8, 4) is 0 Å². The molecule has 0 unspecified atom stereocenters. The second-order valence-corrected chi connectivity index (χ2v) is 9.73. The van der Waals surface area contributed by atoms with Crippen LogP contribution in [-0.2, 0) is 11.2 Å². The summed E-state index contributed by atoms with van der Waals surface area (Å²) < 4.78 is 21.3. The minimum atomic E-state index is -1.39. The highest BCUT2D eigenvalue weighted by Gasteiger charge is 2.29. The van der Waals surface area contributed by atoms with Gasteiger partial charge in [-0.3, -0.25) is 4.79 Å². The fraction of sp³-hybridized carbons (Fsp3) is 0.400. The number of anilines is 1. The molecule has 0 radical (unpaired) electrons. The number of halogens is 2. The second kappa shape index (κ2) is 10.7. The molecule has 3 aromatic rings. The van der Waals surface area contributed by atoms with Gasteiger partial charge in [0.15, 0.2) is 0 Å². The van der Waals surface area contributed by atoms with E-state index in [1.54, 1.807) is 19.2 Å². The molecule has 0 saturated heterocycles. The van der Waals surface area contributed by atoms with Crippen LogP contribution in [0.25, 0.3) is 11.0 Å². The number of rotatable bonds is 9. The van der Waals surface area contributed by atoms with Gasteiger partial charge in [-0.15, -0.1) is 0 Å². The van der Waals surface area contributed by atoms with Gasteiger partial charge in [-0.05, 0) is 28.7 Å². The van der Waals surface area contributed by atoms with Crippen LogP contribution >= 0.6 is 11.6 Å². The quantitative estimate of drug-likeness (QED) is 0.375. The van der Waals surface area contributed by atoms with Crippen molar-refractivity contribution in [2.75, 3.05) is 32.2 Å². The molecule has 2 heterocycles. The highest BCUT2D eigenvalue weighted by Crippen LogP contribution is 2.33. The predicted molar refractivity (Wildman–Crippen MR) is 133 cm³/mol. The summed E-state index contributed by atoms with van der Waals surface area (Å²) in [5.41, 5.74) is -0.645. The minimum Gasteiger partial charge on any atom is -0.477 e. The van der Waals surface area contributed by atoms with E-state index in [2.05, 4.69) is 10.3 Å². The lowest BCUT2D eigenvalue weighted by molar-refractivity contribution is 0.0692. The molecule has 0 aliphatic carbocycles. The van der Waals surface area contributed by atoms with Crippen molar-refractivity contribution in [1.82, 2.24) is 9.55 Å². The first-order chi connectivity index (χ1) is 16.5. The van der Waals surface area contributed by atoms with Crippen LogP contribution in [-0.4, -0.2) is 52.6 Å². The first-order valence-corrected chi connectivity index (χ1v) is 11.5. The van der Waals surface area contributed by atoms with E-state index >= 15 is 0 Å². The number of carboxylic acids is 1. The number of carboxylic acid groups (broad SMARTS) is 1. The maximum atomic E-state index is 14.7. The Morgan fingerprint density at radius 1 is 1.31 bits per heavy atom. The van der Waals surface area contributed by atoms with Crippen LogP contribution in [0.4, 0.5) is 10.2 Å². The third-order valence-electron chi connectivity index (χ3n) is 5.83. The molecule has 0 bridgehead atoms. The summed E-state index contributed by atoms with van der Waals surface area (Å²) in [5.74, 6) is -1.58. The predicted octanol–water partition coefficient (Wildman–Crippen LogP) is 4.12. The molecular weight excluding hydrogens is 477 g/mol. The zero-order chi connectivity index (χ0) is 25.9. The highest BCUT2D eigenvalue weighted by molar-refractivity contribution is 6.30. The topological polar surface area (TPSA) is 114 Å². The van der Waals surface area contributed by atoms with Gasteiger partial charge in [0.25, 0.3) is 0 Å². The summed E-state index contributed by atoms with van der Waals surface area (Å²) in [6.45, 7) is 6.14. The van der Waals surface area contributed by atoms with Crippen molar-refractivity contribution in [3.05, 3.63) is 68.2 Å². The zero-order valence-electron chi connectivity index (χ0n) is 20.1. The molecule has 10 heteroatoms. The number of methoxy groups -OCH3 is 1. The SMILES string of the molecule is COCCNc1nc2c(cc1Cc1cccc(Cl)c1F)c(=O)c(C(=O)O)cn2[C@H](CO)C(C)(C)C. The monoisotopic (exact) mass is 505 g/mol. The third kappa shape index (κ3) is 5.63. The fourth-order valence-electron chi connectivity index (χ4n) is 3.93. The Morgan fingerprint density at radius 3 is 2.63 bits per heavy atom. The zero-order valence-corrected chi connectivity index (χ0v) is 20.8. The number of hydrogen-bond donors (Lipinski definition) is 3. The molecule has 1 atom stereocenters. The normalized spacial score (nSPS) is 12.7. The van der Waals surface area contributed by atoms with Gasteiger partial charge in [-0.25, -0.2) is 14.2 Å². The summed E-state index contributed by atoms with van der Waals surface area (Å²) in [4.78, 5) is 29.7. The number of fused-ring (bicyclic) bond motifs is 1. The lowest BCUT2D eigenvalue weighted by atomic mass is 9.86. The summed E-state index contributed by atoms with van der Waals surface area (Å²) >= 11 is 5.95. The maximum Gasteiger partial charge on any atom is 0.341 e. The minimum absolute atomic E-state index is 0.0309. The van der Waals surface area contributed by atoms with Crippen molar-refractivity contribution >= 4 is 34.4 Å². The number of carbonyl (C=O) groups is 1. The third-order valence-corrected chi connectivity index (χ3v) is 6.13. The van der Waals surface area contributed by atoms with Crippen LogP contribution in [0.15, 0.2) is 35.3 Å². The molecule has 0 fully saturated rings. The Balaban J connectivity index is 2.33. The fourth-order valence-corrected chi connectivity index (χ4v) is 4.13. The summed E-state index contributed by atoms with van der Waals surface area (Å²) in [6.07, 6.45) is 1.28. The molecule has 3 rings (SSSR count). The van der Waals surface area contributed by atoms with E-state index in [-0.39, 0.29) is 29.1 Å². The highest BCUT2D eigenvalue weighted by atomic mass is 35.5. The Labute approximate surface area is 207 Å². The van der Waals surface area contributed by atoms with E-state index in [1.807, 2.05) is 20.8 Å². The van der Waals surface area contributed by atoms with E-state index in [0.29, 0.717) is 30.1 Å². The van der Waals surface area contributed by atoms with E-state index in [0.717, 1.165) is 0 Å². The van der Waals surface area contributed by atoms with Crippen molar-refractivity contribution in [2.45, 2.75) is 33.2 Å². The number of nitrogens with zero attached hydrogens (tertiary/aromatic N) is 2. The van der Waals surface area contributed by atoms with E-state index < -0.39 is 34.2 Å². The van der Waals surface area contributed by atoms with Crippen molar-refractivity contribution in [2.24, 2.45) is 5.41 Å². The van der Waals surface area contributed by atoms with Crippen molar-refractivity contribution in [3.63, 3.8) is 0 Å². The Morgan fingerprint density at radius 2 is 2.03 bits per heavy atom. The van der Waals surface area contributed by atoms with Crippen LogP contribution in [0.3, 0.4) is 0 Å². The molecule has 0 aliphatic rings. The Bertz CT molecular complexity index is 1300. The number of aromatic carboxylic acids is 1. The van der Waals surface area contributed by atoms with Crippen molar-refractivity contribution < 1.29 is 24.1 Å². The molecule has 0 aliphatic heterocycles. The number of benzene rings is 1. The van der Waals surface area contributed by atoms with Gasteiger partial charge < -0.3 is 24.8 Å². The number of aliphatic hydroxyl groups excluding tert-OH is 1. The molecule has 0 amide bonds. The molecule has 35 heavy (non-hydrogen) atoms. The number of aliphatic hydroxyl groups is 1. The maximum absolute atomic E-state index is 14.7. The number of aromatic nitrogens is 2. The molecule has 2 aromatic heterocycles. The Hall–Kier alpha value is -3.01. The van der Waals surface area contributed by atoms with Gasteiger partial charge in [0.1, 0.15) is 22.8 Å². The van der Waals surface area contributed by atoms with Gasteiger partial charge in [-0.2, -0.15) is 0 Å². The standard InChI is InChI=1S/C25H29ClFN3O5/c1-25(2,3)19(13-31)30-12-17(24(33)34)21(32)16-11-15(10-14-6-5-7-18(26)20(14)27)22(29-23(16)30)28-8-9-35-4/h5-7,11-12,19,31H,8-10,13H2,1-4H3,(H,28,29)(H,33,34)/t19-/m1/s1.